The van der Waals surface area contributed by atoms with Crippen LogP contribution in [0, 0.1) is 0 Å². The second-order valence-corrected chi connectivity index (χ2v) is 13.3. The molecule has 3 saturated carbocycles. The molecule has 0 heterocycles. The molecule has 0 aromatic carbocycles. The molecule has 0 amide bonds. The molecule has 0 unspecified atom stereocenters. The van der Waals surface area contributed by atoms with E-state index in [0.29, 0.717) is 0 Å². The van der Waals surface area contributed by atoms with E-state index in [4.69, 9.17) is 3.01 Å². The first-order chi connectivity index (χ1) is 10.4. The van der Waals surface area contributed by atoms with Crippen molar-refractivity contribution in [2.45, 2.75) is 113 Å². The molecule has 0 radical (unpaired) electrons. The van der Waals surface area contributed by atoms with Crippen LogP contribution in [0.1, 0.15) is 96.3 Å². The van der Waals surface area contributed by atoms with Gasteiger partial charge in [-0.05, 0) is 0 Å². The first kappa shape index (κ1) is 16.7. The number of rotatable bonds is 4. The van der Waals surface area contributed by atoms with Gasteiger partial charge in [0.05, 0.1) is 0 Å². The second kappa shape index (κ2) is 8.13. The zero-order valence-electron chi connectivity index (χ0n) is 13.7. The van der Waals surface area contributed by atoms with E-state index in [2.05, 4.69) is 20.8 Å². The maximum absolute atomic E-state index is 6.70. The predicted molar refractivity (Wildman–Crippen MR) is 87.3 cm³/mol. The fourth-order valence-electron chi connectivity index (χ4n) is 5.91. The second-order valence-electron chi connectivity index (χ2n) is 7.96. The quantitative estimate of drug-likeness (QED) is 0.537. The Morgan fingerprint density at radius 1 is 0.524 bits per heavy atom. The molecular weight excluding hydrogens is 308 g/mol. The Morgan fingerprint density at radius 3 is 1.05 bits per heavy atom. The summed E-state index contributed by atoms with van der Waals surface area (Å²) in [5.41, 5.74) is 3.01. The Hall–Kier alpha value is 0.891. The summed E-state index contributed by atoms with van der Waals surface area (Å²) in [7, 11) is -1.57. The fraction of sp³-hybridized carbons (Fsp3) is 1.00. The van der Waals surface area contributed by atoms with E-state index in [1.165, 1.54) is 96.3 Å². The van der Waals surface area contributed by atoms with Crippen molar-refractivity contribution in [3.63, 3.8) is 0 Å². The minimum absolute atomic E-state index is 1.00. The Balaban J connectivity index is 1.85. The van der Waals surface area contributed by atoms with E-state index in [9.17, 15) is 0 Å². The SMILES string of the molecule is [Ti][O][Si](C1CCCCC1)(C1CCCCC1)C1CCCCC1. The fourth-order valence-corrected chi connectivity index (χ4v) is 14.7. The number of hydrogen-bond donors (Lipinski definition) is 0. The van der Waals surface area contributed by atoms with Crippen LogP contribution < -0.4 is 0 Å². The molecule has 3 aliphatic carbocycles. The molecule has 0 aromatic rings. The molecule has 0 atom stereocenters. The third-order valence-electron chi connectivity index (χ3n) is 6.91. The molecule has 3 aliphatic rings. The van der Waals surface area contributed by atoms with Crippen molar-refractivity contribution < 1.29 is 23.8 Å². The first-order valence-corrected chi connectivity index (χ1v) is 12.5. The van der Waals surface area contributed by atoms with Crippen molar-refractivity contribution in [3.05, 3.63) is 0 Å². The van der Waals surface area contributed by atoms with Crippen LogP contribution >= 0.6 is 0 Å². The van der Waals surface area contributed by atoms with E-state index >= 15 is 0 Å². The Bertz CT molecular complexity index is 259. The van der Waals surface area contributed by atoms with Gasteiger partial charge in [0, 0.05) is 0 Å². The zero-order valence-corrected chi connectivity index (χ0v) is 16.3. The summed E-state index contributed by atoms with van der Waals surface area (Å²) in [5, 5.41) is 0. The Labute approximate surface area is 145 Å². The van der Waals surface area contributed by atoms with Crippen molar-refractivity contribution in [2.24, 2.45) is 0 Å². The summed E-state index contributed by atoms with van der Waals surface area (Å²) in [6, 6.07) is 0. The third kappa shape index (κ3) is 3.54. The van der Waals surface area contributed by atoms with Crippen LogP contribution in [0.3, 0.4) is 0 Å². The van der Waals surface area contributed by atoms with Crippen LogP contribution in [0.5, 0.6) is 0 Å². The zero-order chi connectivity index (χ0) is 14.5. The standard InChI is InChI=1S/C18H33OSi.Ti/c19-20(16-10-4-1-5-11-16,17-12-6-2-7-13-17)18-14-8-3-9-15-18;/h16-18H,1-15H2;/q-1;+1. The average Bonchev–Trinajstić information content (AvgIpc) is 2.59. The topological polar surface area (TPSA) is 9.23 Å². The van der Waals surface area contributed by atoms with Crippen LogP contribution in [0.25, 0.3) is 0 Å². The molecule has 0 N–H and O–H groups in total. The molecule has 21 heavy (non-hydrogen) atoms. The predicted octanol–water partition coefficient (Wildman–Crippen LogP) is 6.41. The van der Waals surface area contributed by atoms with E-state index in [1.54, 1.807) is 0 Å². The van der Waals surface area contributed by atoms with Gasteiger partial charge >= 0.3 is 145 Å². The molecule has 0 spiro atoms. The molecule has 119 valence electrons. The van der Waals surface area contributed by atoms with Gasteiger partial charge in [-0.2, -0.15) is 0 Å². The molecule has 3 rings (SSSR count). The van der Waals surface area contributed by atoms with Gasteiger partial charge in [-0.25, -0.2) is 0 Å². The summed E-state index contributed by atoms with van der Waals surface area (Å²) >= 11 is 2.13. The summed E-state index contributed by atoms with van der Waals surface area (Å²) in [6.07, 6.45) is 22.4. The van der Waals surface area contributed by atoms with Gasteiger partial charge in [0.15, 0.2) is 0 Å². The van der Waals surface area contributed by atoms with Crippen molar-refractivity contribution in [1.29, 1.82) is 0 Å². The normalized spacial score (nSPS) is 27.8. The van der Waals surface area contributed by atoms with Gasteiger partial charge in [-0.1, -0.05) is 0 Å². The molecule has 3 heteroatoms. The molecule has 0 saturated heterocycles. The molecular formula is C18H33OSiTi. The van der Waals surface area contributed by atoms with Gasteiger partial charge in [0.1, 0.15) is 0 Å². The molecule has 3 fully saturated rings. The van der Waals surface area contributed by atoms with Gasteiger partial charge < -0.3 is 0 Å². The Morgan fingerprint density at radius 2 is 0.810 bits per heavy atom. The monoisotopic (exact) mass is 341 g/mol. The van der Waals surface area contributed by atoms with E-state index < -0.39 is 8.32 Å². The van der Waals surface area contributed by atoms with Crippen molar-refractivity contribution in [3.8, 4) is 0 Å². The van der Waals surface area contributed by atoms with E-state index in [1.807, 2.05) is 0 Å². The van der Waals surface area contributed by atoms with Crippen LogP contribution in [0.2, 0.25) is 16.6 Å². The van der Waals surface area contributed by atoms with Crippen molar-refractivity contribution >= 4 is 8.32 Å². The van der Waals surface area contributed by atoms with E-state index in [-0.39, 0.29) is 0 Å². The van der Waals surface area contributed by atoms with Gasteiger partial charge in [0.25, 0.3) is 0 Å². The summed E-state index contributed by atoms with van der Waals surface area (Å²) in [4.78, 5) is 0. The number of hydrogen-bond acceptors (Lipinski definition) is 1. The molecule has 1 nitrogen and oxygen atoms in total. The summed E-state index contributed by atoms with van der Waals surface area (Å²) in [5.74, 6) is 0. The Kier molecular flexibility index (Phi) is 6.48. The molecule has 0 bridgehead atoms. The van der Waals surface area contributed by atoms with Crippen molar-refractivity contribution in [2.75, 3.05) is 0 Å². The summed E-state index contributed by atoms with van der Waals surface area (Å²) in [6.45, 7) is 0. The van der Waals surface area contributed by atoms with Crippen LogP contribution in [0.15, 0.2) is 0 Å². The van der Waals surface area contributed by atoms with Crippen LogP contribution in [-0.2, 0) is 23.8 Å². The van der Waals surface area contributed by atoms with Crippen molar-refractivity contribution in [1.82, 2.24) is 0 Å². The average molecular weight is 341 g/mol. The first-order valence-electron chi connectivity index (χ1n) is 9.72. The third-order valence-corrected chi connectivity index (χ3v) is 14.5. The van der Waals surface area contributed by atoms with Crippen LogP contribution in [0.4, 0.5) is 0 Å². The van der Waals surface area contributed by atoms with E-state index in [0.717, 1.165) is 16.6 Å². The minimum atomic E-state index is -1.57. The summed E-state index contributed by atoms with van der Waals surface area (Å²) < 4.78 is 6.70. The van der Waals surface area contributed by atoms with Gasteiger partial charge in [-0.15, -0.1) is 0 Å². The van der Waals surface area contributed by atoms with Crippen LogP contribution in [-0.4, -0.2) is 8.32 Å². The molecule has 0 aromatic heterocycles. The van der Waals surface area contributed by atoms with Gasteiger partial charge in [-0.3, -0.25) is 0 Å². The maximum atomic E-state index is 6.70. The molecule has 0 aliphatic heterocycles. The van der Waals surface area contributed by atoms with Gasteiger partial charge in [0.2, 0.25) is 0 Å².